The van der Waals surface area contributed by atoms with E-state index in [1.54, 1.807) is 0 Å². The van der Waals surface area contributed by atoms with Gasteiger partial charge in [0.05, 0.1) is 6.61 Å². The van der Waals surface area contributed by atoms with Crippen LogP contribution in [-0.2, 0) is 5.41 Å². The molecule has 0 radical (unpaired) electrons. The third kappa shape index (κ3) is 5.72. The van der Waals surface area contributed by atoms with Crippen molar-refractivity contribution in [3.8, 4) is 5.75 Å². The fourth-order valence-corrected chi connectivity index (χ4v) is 2.13. The lowest BCUT2D eigenvalue weighted by Gasteiger charge is -2.23. The molecule has 0 aliphatic carbocycles. The lowest BCUT2D eigenvalue weighted by molar-refractivity contribution is 0.297. The molecule has 0 aliphatic heterocycles. The van der Waals surface area contributed by atoms with E-state index in [1.165, 1.54) is 5.56 Å². The summed E-state index contributed by atoms with van der Waals surface area (Å²) in [7, 11) is 0. The highest BCUT2D eigenvalue weighted by atomic mass is 35.5. The van der Waals surface area contributed by atoms with Gasteiger partial charge in [0, 0.05) is 16.6 Å². The van der Waals surface area contributed by atoms with Crippen LogP contribution in [0.2, 0.25) is 5.02 Å². The highest BCUT2D eigenvalue weighted by Gasteiger charge is 2.19. The van der Waals surface area contributed by atoms with Crippen LogP contribution < -0.4 is 10.1 Å². The van der Waals surface area contributed by atoms with Gasteiger partial charge < -0.3 is 10.1 Å². The summed E-state index contributed by atoms with van der Waals surface area (Å²) in [6.07, 6.45) is 2.17. The summed E-state index contributed by atoms with van der Waals surface area (Å²) in [6, 6.07) is 6.46. The second-order valence-electron chi connectivity index (χ2n) is 6.36. The van der Waals surface area contributed by atoms with Crippen molar-refractivity contribution in [3.63, 3.8) is 0 Å². The summed E-state index contributed by atoms with van der Waals surface area (Å²) in [6.45, 7) is 12.7. The van der Waals surface area contributed by atoms with Gasteiger partial charge in [-0.1, -0.05) is 39.3 Å². The zero-order chi connectivity index (χ0) is 15.2. The monoisotopic (exact) mass is 297 g/mol. The topological polar surface area (TPSA) is 21.3 Å². The van der Waals surface area contributed by atoms with Gasteiger partial charge in [0.1, 0.15) is 5.75 Å². The largest absolute Gasteiger partial charge is 0.493 e. The van der Waals surface area contributed by atoms with Crippen LogP contribution in [0.5, 0.6) is 5.75 Å². The van der Waals surface area contributed by atoms with Crippen molar-refractivity contribution in [1.82, 2.24) is 5.32 Å². The Kier molecular flexibility index (Phi) is 6.84. The van der Waals surface area contributed by atoms with Crippen molar-refractivity contribution in [2.75, 3.05) is 13.2 Å². The van der Waals surface area contributed by atoms with E-state index in [1.807, 2.05) is 18.2 Å². The third-order valence-electron chi connectivity index (χ3n) is 3.43. The summed E-state index contributed by atoms with van der Waals surface area (Å²) >= 11 is 6.09. The van der Waals surface area contributed by atoms with Gasteiger partial charge in [0.2, 0.25) is 0 Å². The van der Waals surface area contributed by atoms with Crippen molar-refractivity contribution in [2.45, 2.75) is 58.9 Å². The molecule has 0 heterocycles. The molecule has 0 aromatic heterocycles. The zero-order valence-corrected chi connectivity index (χ0v) is 14.2. The second kappa shape index (κ2) is 7.90. The molecule has 0 bridgehead atoms. The number of hydrogen-bond acceptors (Lipinski definition) is 2. The van der Waals surface area contributed by atoms with Gasteiger partial charge in [-0.2, -0.15) is 0 Å². The molecule has 0 unspecified atom stereocenters. The quantitative estimate of drug-likeness (QED) is 0.730. The molecule has 1 N–H and O–H groups in total. The van der Waals surface area contributed by atoms with E-state index in [9.17, 15) is 0 Å². The van der Waals surface area contributed by atoms with E-state index in [-0.39, 0.29) is 5.41 Å². The van der Waals surface area contributed by atoms with Crippen molar-refractivity contribution < 1.29 is 4.74 Å². The van der Waals surface area contributed by atoms with Crippen LogP contribution in [-0.4, -0.2) is 19.2 Å². The van der Waals surface area contributed by atoms with Crippen LogP contribution in [0, 0.1) is 0 Å². The van der Waals surface area contributed by atoms with E-state index < -0.39 is 0 Å². The highest BCUT2D eigenvalue weighted by Crippen LogP contribution is 2.33. The Labute approximate surface area is 128 Å². The minimum absolute atomic E-state index is 0.0369. The Morgan fingerprint density at radius 2 is 2.00 bits per heavy atom. The van der Waals surface area contributed by atoms with E-state index in [4.69, 9.17) is 16.3 Å². The molecule has 0 saturated heterocycles. The number of halogens is 1. The summed E-state index contributed by atoms with van der Waals surface area (Å²) in [4.78, 5) is 0. The van der Waals surface area contributed by atoms with Gasteiger partial charge >= 0.3 is 0 Å². The summed E-state index contributed by atoms with van der Waals surface area (Å²) < 4.78 is 5.94. The van der Waals surface area contributed by atoms with Crippen LogP contribution >= 0.6 is 11.6 Å². The fraction of sp³-hybridized carbons (Fsp3) is 0.647. The lowest BCUT2D eigenvalue weighted by atomic mass is 9.86. The van der Waals surface area contributed by atoms with E-state index >= 15 is 0 Å². The van der Waals surface area contributed by atoms with E-state index in [0.717, 1.165) is 36.8 Å². The molecule has 1 aromatic carbocycles. The van der Waals surface area contributed by atoms with Crippen LogP contribution in [0.1, 0.15) is 53.0 Å². The maximum atomic E-state index is 6.09. The van der Waals surface area contributed by atoms with Crippen LogP contribution in [0.4, 0.5) is 0 Å². The molecule has 20 heavy (non-hydrogen) atoms. The van der Waals surface area contributed by atoms with Gasteiger partial charge in [-0.3, -0.25) is 0 Å². The summed E-state index contributed by atoms with van der Waals surface area (Å²) in [5, 5.41) is 4.24. The first-order valence-electron chi connectivity index (χ1n) is 7.50. The summed E-state index contributed by atoms with van der Waals surface area (Å²) in [5.41, 5.74) is 1.20. The Hall–Kier alpha value is -0.730. The van der Waals surface area contributed by atoms with Crippen molar-refractivity contribution in [2.24, 2.45) is 0 Å². The minimum atomic E-state index is 0.0369. The third-order valence-corrected chi connectivity index (χ3v) is 3.67. The Morgan fingerprint density at radius 3 is 2.60 bits per heavy atom. The Balaban J connectivity index is 2.52. The van der Waals surface area contributed by atoms with Crippen LogP contribution in [0.25, 0.3) is 0 Å². The molecule has 0 saturated carbocycles. The summed E-state index contributed by atoms with van der Waals surface area (Å²) in [5.74, 6) is 0.949. The van der Waals surface area contributed by atoms with E-state index in [0.29, 0.717) is 6.04 Å². The highest BCUT2D eigenvalue weighted by molar-refractivity contribution is 6.30. The fourth-order valence-electron chi connectivity index (χ4n) is 1.96. The average Bonchev–Trinajstić information content (AvgIpc) is 2.38. The minimum Gasteiger partial charge on any atom is -0.493 e. The number of benzene rings is 1. The molecular formula is C17H28ClNO. The Morgan fingerprint density at radius 1 is 1.30 bits per heavy atom. The SMILES string of the molecule is CC[C@H](C)NCCCOc1ccc(Cl)cc1C(C)(C)C. The maximum absolute atomic E-state index is 6.09. The standard InChI is InChI=1S/C17H28ClNO/c1-6-13(2)19-10-7-11-20-16-9-8-14(18)12-15(16)17(3,4)5/h8-9,12-13,19H,6-7,10-11H2,1-5H3/t13-/m0/s1. The molecule has 3 heteroatoms. The first-order valence-corrected chi connectivity index (χ1v) is 7.88. The smallest absolute Gasteiger partial charge is 0.123 e. The van der Waals surface area contributed by atoms with Gasteiger partial charge in [-0.25, -0.2) is 0 Å². The zero-order valence-electron chi connectivity index (χ0n) is 13.4. The maximum Gasteiger partial charge on any atom is 0.123 e. The van der Waals surface area contributed by atoms with Gasteiger partial charge in [0.25, 0.3) is 0 Å². The van der Waals surface area contributed by atoms with Gasteiger partial charge in [-0.15, -0.1) is 0 Å². The number of nitrogens with one attached hydrogen (secondary N) is 1. The van der Waals surface area contributed by atoms with Crippen molar-refractivity contribution in [1.29, 1.82) is 0 Å². The first kappa shape index (κ1) is 17.3. The number of hydrogen-bond donors (Lipinski definition) is 1. The molecule has 0 amide bonds. The molecule has 0 fully saturated rings. The first-order chi connectivity index (χ1) is 9.34. The van der Waals surface area contributed by atoms with Crippen molar-refractivity contribution >= 4 is 11.6 Å². The molecule has 1 atom stereocenters. The normalized spacial score (nSPS) is 13.3. The predicted molar refractivity (Wildman–Crippen MR) is 88.0 cm³/mol. The van der Waals surface area contributed by atoms with Crippen LogP contribution in [0.15, 0.2) is 18.2 Å². The molecular weight excluding hydrogens is 270 g/mol. The molecule has 2 nitrogen and oxygen atoms in total. The molecule has 0 aliphatic rings. The second-order valence-corrected chi connectivity index (χ2v) is 6.79. The van der Waals surface area contributed by atoms with E-state index in [2.05, 4.69) is 39.9 Å². The number of ether oxygens (including phenoxy) is 1. The molecule has 1 rings (SSSR count). The average molecular weight is 298 g/mol. The molecule has 0 spiro atoms. The van der Waals surface area contributed by atoms with Gasteiger partial charge in [-0.05, 0) is 49.9 Å². The molecule has 114 valence electrons. The van der Waals surface area contributed by atoms with Crippen molar-refractivity contribution in [3.05, 3.63) is 28.8 Å². The Bertz CT molecular complexity index is 412. The lowest BCUT2D eigenvalue weighted by Crippen LogP contribution is -2.27. The number of rotatable bonds is 7. The predicted octanol–water partition coefficient (Wildman–Crippen LogP) is 4.79. The van der Waals surface area contributed by atoms with Gasteiger partial charge in [0.15, 0.2) is 0 Å². The molecule has 1 aromatic rings. The van der Waals surface area contributed by atoms with Crippen LogP contribution in [0.3, 0.4) is 0 Å².